The lowest BCUT2D eigenvalue weighted by Gasteiger charge is -2.02. The third-order valence-electron chi connectivity index (χ3n) is 2.24. The zero-order valence-corrected chi connectivity index (χ0v) is 10.00. The summed E-state index contributed by atoms with van der Waals surface area (Å²) in [6.45, 7) is 1.49. The van der Waals surface area contributed by atoms with Crippen LogP contribution in [0.2, 0.25) is 0 Å². The van der Waals surface area contributed by atoms with Gasteiger partial charge >= 0.3 is 0 Å². The lowest BCUT2D eigenvalue weighted by atomic mass is 10.2. The standard InChI is InChI=1S/C14H13N3O/c1-11(18)17-13-4-2-3-12(9-13)5-6-14-10-15-7-8-16-14/h2-10H,1H3,(H,17,18). The van der Waals surface area contributed by atoms with Gasteiger partial charge in [0.15, 0.2) is 0 Å². The van der Waals surface area contributed by atoms with Crippen LogP contribution in [0.15, 0.2) is 42.9 Å². The SMILES string of the molecule is CC(=O)Nc1cccc(C=Cc2cnccn2)c1. The number of hydrogen-bond donors (Lipinski definition) is 1. The Morgan fingerprint density at radius 1 is 1.28 bits per heavy atom. The third-order valence-corrected chi connectivity index (χ3v) is 2.24. The molecule has 0 radical (unpaired) electrons. The molecule has 2 rings (SSSR count). The predicted octanol–water partition coefficient (Wildman–Crippen LogP) is 2.61. The normalized spacial score (nSPS) is 10.5. The van der Waals surface area contributed by atoms with Crippen LogP contribution < -0.4 is 5.32 Å². The van der Waals surface area contributed by atoms with Crippen LogP contribution in [0.25, 0.3) is 12.2 Å². The number of carbonyl (C=O) groups is 1. The van der Waals surface area contributed by atoms with Gasteiger partial charge in [-0.15, -0.1) is 0 Å². The number of rotatable bonds is 3. The molecule has 2 aromatic rings. The highest BCUT2D eigenvalue weighted by atomic mass is 16.1. The van der Waals surface area contributed by atoms with Crippen LogP contribution in [0.5, 0.6) is 0 Å². The summed E-state index contributed by atoms with van der Waals surface area (Å²) in [7, 11) is 0. The van der Waals surface area contributed by atoms with Crippen molar-refractivity contribution in [1.82, 2.24) is 9.97 Å². The molecule has 1 aromatic heterocycles. The molecule has 0 aliphatic carbocycles. The van der Waals surface area contributed by atoms with Crippen LogP contribution >= 0.6 is 0 Å². The summed E-state index contributed by atoms with van der Waals surface area (Å²) in [5, 5.41) is 2.74. The second-order valence-electron chi connectivity index (χ2n) is 3.77. The maximum Gasteiger partial charge on any atom is 0.221 e. The van der Waals surface area contributed by atoms with Gasteiger partial charge in [-0.25, -0.2) is 0 Å². The van der Waals surface area contributed by atoms with Crippen LogP contribution in [0.3, 0.4) is 0 Å². The van der Waals surface area contributed by atoms with E-state index in [2.05, 4.69) is 15.3 Å². The number of carbonyl (C=O) groups excluding carboxylic acids is 1. The molecule has 18 heavy (non-hydrogen) atoms. The highest BCUT2D eigenvalue weighted by Crippen LogP contribution is 2.13. The summed E-state index contributed by atoms with van der Waals surface area (Å²) >= 11 is 0. The van der Waals surface area contributed by atoms with Crippen LogP contribution in [-0.4, -0.2) is 15.9 Å². The van der Waals surface area contributed by atoms with Crippen molar-refractivity contribution >= 4 is 23.7 Å². The maximum atomic E-state index is 11.0. The summed E-state index contributed by atoms with van der Waals surface area (Å²) in [6, 6.07) is 7.59. The molecule has 4 heteroatoms. The monoisotopic (exact) mass is 239 g/mol. The summed E-state index contributed by atoms with van der Waals surface area (Å²) < 4.78 is 0. The fourth-order valence-corrected chi connectivity index (χ4v) is 1.50. The highest BCUT2D eigenvalue weighted by Gasteiger charge is 1.95. The van der Waals surface area contributed by atoms with Crippen LogP contribution in [0.1, 0.15) is 18.2 Å². The molecule has 0 unspecified atom stereocenters. The Hall–Kier alpha value is -2.49. The van der Waals surface area contributed by atoms with E-state index in [-0.39, 0.29) is 5.91 Å². The molecule has 1 aromatic carbocycles. The summed E-state index contributed by atoms with van der Waals surface area (Å²) in [5.74, 6) is -0.0787. The minimum Gasteiger partial charge on any atom is -0.326 e. The molecule has 0 atom stereocenters. The molecule has 1 heterocycles. The summed E-state index contributed by atoms with van der Waals surface area (Å²) in [5.41, 5.74) is 2.57. The smallest absolute Gasteiger partial charge is 0.221 e. The van der Waals surface area contributed by atoms with Gasteiger partial charge < -0.3 is 5.32 Å². The van der Waals surface area contributed by atoms with Gasteiger partial charge in [0.2, 0.25) is 5.91 Å². The fraction of sp³-hybridized carbons (Fsp3) is 0.0714. The molecule has 1 amide bonds. The Balaban J connectivity index is 2.14. The zero-order chi connectivity index (χ0) is 12.8. The van der Waals surface area contributed by atoms with E-state index in [1.807, 2.05) is 36.4 Å². The largest absolute Gasteiger partial charge is 0.326 e. The van der Waals surface area contributed by atoms with Crippen molar-refractivity contribution in [1.29, 1.82) is 0 Å². The first-order valence-corrected chi connectivity index (χ1v) is 5.56. The highest BCUT2D eigenvalue weighted by molar-refractivity contribution is 5.89. The van der Waals surface area contributed by atoms with Gasteiger partial charge in [0, 0.05) is 25.0 Å². The van der Waals surface area contributed by atoms with E-state index in [0.717, 1.165) is 16.9 Å². The van der Waals surface area contributed by atoms with E-state index in [4.69, 9.17) is 0 Å². The first kappa shape index (κ1) is 12.0. The van der Waals surface area contributed by atoms with Gasteiger partial charge in [-0.05, 0) is 23.8 Å². The average Bonchev–Trinajstić information content (AvgIpc) is 2.37. The van der Waals surface area contributed by atoms with Crippen molar-refractivity contribution in [2.24, 2.45) is 0 Å². The van der Waals surface area contributed by atoms with Crippen LogP contribution in [0.4, 0.5) is 5.69 Å². The number of amides is 1. The lowest BCUT2D eigenvalue weighted by Crippen LogP contribution is -2.05. The average molecular weight is 239 g/mol. The van der Waals surface area contributed by atoms with Gasteiger partial charge in [0.05, 0.1) is 11.9 Å². The van der Waals surface area contributed by atoms with Gasteiger partial charge in [-0.3, -0.25) is 14.8 Å². The molecule has 4 nitrogen and oxygen atoms in total. The zero-order valence-electron chi connectivity index (χ0n) is 10.00. The van der Waals surface area contributed by atoms with E-state index in [1.54, 1.807) is 18.6 Å². The lowest BCUT2D eigenvalue weighted by molar-refractivity contribution is -0.114. The van der Waals surface area contributed by atoms with E-state index in [0.29, 0.717) is 0 Å². The number of anilines is 1. The van der Waals surface area contributed by atoms with Gasteiger partial charge in [-0.2, -0.15) is 0 Å². The van der Waals surface area contributed by atoms with Gasteiger partial charge in [0.25, 0.3) is 0 Å². The second kappa shape index (κ2) is 5.72. The molecule has 1 N–H and O–H groups in total. The Bertz CT molecular complexity index is 564. The first-order valence-electron chi connectivity index (χ1n) is 5.56. The Kier molecular flexibility index (Phi) is 3.81. The molecule has 0 saturated heterocycles. The molecular weight excluding hydrogens is 226 g/mol. The maximum absolute atomic E-state index is 11.0. The minimum absolute atomic E-state index is 0.0787. The van der Waals surface area contributed by atoms with Gasteiger partial charge in [-0.1, -0.05) is 18.2 Å². The van der Waals surface area contributed by atoms with Crippen molar-refractivity contribution in [3.8, 4) is 0 Å². The number of hydrogen-bond acceptors (Lipinski definition) is 3. The molecule has 0 aliphatic heterocycles. The second-order valence-corrected chi connectivity index (χ2v) is 3.77. The fourth-order valence-electron chi connectivity index (χ4n) is 1.50. The van der Waals surface area contributed by atoms with Crippen molar-refractivity contribution in [3.05, 3.63) is 54.1 Å². The Morgan fingerprint density at radius 2 is 2.17 bits per heavy atom. The van der Waals surface area contributed by atoms with Crippen LogP contribution in [-0.2, 0) is 4.79 Å². The quantitative estimate of drug-likeness (QED) is 0.895. The van der Waals surface area contributed by atoms with Crippen molar-refractivity contribution in [2.45, 2.75) is 6.92 Å². The van der Waals surface area contributed by atoms with E-state index in [9.17, 15) is 4.79 Å². The minimum atomic E-state index is -0.0787. The number of nitrogens with one attached hydrogen (secondary N) is 1. The third kappa shape index (κ3) is 3.52. The number of benzene rings is 1. The molecule has 0 saturated carbocycles. The first-order chi connectivity index (χ1) is 8.74. The van der Waals surface area contributed by atoms with Crippen LogP contribution in [0, 0.1) is 0 Å². The van der Waals surface area contributed by atoms with E-state index >= 15 is 0 Å². The molecule has 0 aliphatic rings. The van der Waals surface area contributed by atoms with E-state index < -0.39 is 0 Å². The molecular formula is C14H13N3O. The number of nitrogens with zero attached hydrogens (tertiary/aromatic N) is 2. The van der Waals surface area contributed by atoms with Crippen molar-refractivity contribution in [3.63, 3.8) is 0 Å². The molecule has 0 spiro atoms. The summed E-state index contributed by atoms with van der Waals surface area (Å²) in [4.78, 5) is 19.1. The van der Waals surface area contributed by atoms with Crippen molar-refractivity contribution < 1.29 is 4.79 Å². The molecule has 0 bridgehead atoms. The topological polar surface area (TPSA) is 54.9 Å². The summed E-state index contributed by atoms with van der Waals surface area (Å²) in [6.07, 6.45) is 8.77. The Labute approximate surface area is 105 Å². The molecule has 0 fully saturated rings. The van der Waals surface area contributed by atoms with Crippen molar-refractivity contribution in [2.75, 3.05) is 5.32 Å². The van der Waals surface area contributed by atoms with Gasteiger partial charge in [0.1, 0.15) is 0 Å². The van der Waals surface area contributed by atoms with E-state index in [1.165, 1.54) is 6.92 Å². The number of aromatic nitrogens is 2. The Morgan fingerprint density at radius 3 is 2.89 bits per heavy atom. The molecule has 90 valence electrons. The predicted molar refractivity (Wildman–Crippen MR) is 71.7 cm³/mol.